The van der Waals surface area contributed by atoms with E-state index in [0.717, 1.165) is 5.56 Å². The number of hydrogen-bond acceptors (Lipinski definition) is 4. The Morgan fingerprint density at radius 3 is 2.62 bits per heavy atom. The lowest BCUT2D eigenvalue weighted by atomic mass is 10.2. The second kappa shape index (κ2) is 7.64. The molecule has 0 fully saturated rings. The van der Waals surface area contributed by atoms with Crippen molar-refractivity contribution in [2.24, 2.45) is 0 Å². The number of amides is 1. The summed E-state index contributed by atoms with van der Waals surface area (Å²) in [6.45, 7) is 3.15. The number of benzene rings is 1. The van der Waals surface area contributed by atoms with Gasteiger partial charge in [-0.1, -0.05) is 30.3 Å². The minimum Gasteiger partial charge on any atom is -0.480 e. The van der Waals surface area contributed by atoms with Crippen molar-refractivity contribution in [1.82, 2.24) is 5.32 Å². The predicted molar refractivity (Wildman–Crippen MR) is 76.9 cm³/mol. The second-order valence-corrected chi connectivity index (χ2v) is 5.17. The number of rotatable bonds is 6. The molecule has 1 amide bonds. The standard InChI is InChI=1S/C15H21NO5/c1-15(2,3)21-10-12(13(17)18)16-14(19)20-9-11-7-5-4-6-8-11/h4-8,12H,9-10H2,1-3H3,(H,16,19)(H,17,18)/t12-/m0/s1/i1D. The van der Waals surface area contributed by atoms with E-state index in [0.29, 0.717) is 0 Å². The van der Waals surface area contributed by atoms with Gasteiger partial charge in [-0.3, -0.25) is 0 Å². The molecule has 0 aliphatic rings. The fraction of sp³-hybridized carbons (Fsp3) is 0.467. The zero-order valence-corrected chi connectivity index (χ0v) is 12.2. The van der Waals surface area contributed by atoms with Gasteiger partial charge >= 0.3 is 12.1 Å². The van der Waals surface area contributed by atoms with E-state index < -0.39 is 23.7 Å². The predicted octanol–water partition coefficient (Wildman–Crippen LogP) is 2.18. The Hall–Kier alpha value is -2.08. The van der Waals surface area contributed by atoms with Gasteiger partial charge in [-0.05, 0) is 26.3 Å². The van der Waals surface area contributed by atoms with Crippen molar-refractivity contribution in [3.05, 3.63) is 35.9 Å². The number of aliphatic carboxylic acids is 1. The molecule has 1 rings (SSSR count). The van der Waals surface area contributed by atoms with Crippen LogP contribution in [0.5, 0.6) is 0 Å². The summed E-state index contributed by atoms with van der Waals surface area (Å²) in [5.41, 5.74) is 0.0275. The molecule has 0 heterocycles. The van der Waals surface area contributed by atoms with E-state index in [9.17, 15) is 9.59 Å². The van der Waals surface area contributed by atoms with Crippen LogP contribution >= 0.6 is 0 Å². The third kappa shape index (κ3) is 7.31. The Labute approximate surface area is 125 Å². The molecule has 21 heavy (non-hydrogen) atoms. The SMILES string of the molecule is [2H]CC(C)(C)OC[C@H](NC(=O)OCc1ccccc1)C(=O)O. The fourth-order valence-corrected chi connectivity index (χ4v) is 1.39. The molecule has 1 aromatic rings. The normalized spacial score (nSPS) is 13.1. The number of carboxylic acid groups (broad SMARTS) is 1. The van der Waals surface area contributed by atoms with Crippen LogP contribution in [-0.4, -0.2) is 35.4 Å². The topological polar surface area (TPSA) is 84.9 Å². The molecular formula is C15H21NO5. The van der Waals surface area contributed by atoms with Gasteiger partial charge in [-0.15, -0.1) is 0 Å². The summed E-state index contributed by atoms with van der Waals surface area (Å²) < 4.78 is 17.6. The maximum Gasteiger partial charge on any atom is 0.408 e. The Morgan fingerprint density at radius 1 is 1.38 bits per heavy atom. The van der Waals surface area contributed by atoms with Gasteiger partial charge in [-0.25, -0.2) is 9.59 Å². The molecule has 1 aromatic carbocycles. The zero-order valence-electron chi connectivity index (χ0n) is 13.2. The number of carbonyl (C=O) groups is 2. The minimum absolute atomic E-state index is 0.0161. The number of carbonyl (C=O) groups excluding carboxylic acids is 1. The molecule has 2 N–H and O–H groups in total. The molecule has 6 nitrogen and oxygen atoms in total. The highest BCUT2D eigenvalue weighted by molar-refractivity contribution is 5.80. The van der Waals surface area contributed by atoms with E-state index in [4.69, 9.17) is 16.0 Å². The van der Waals surface area contributed by atoms with Crippen LogP contribution < -0.4 is 5.32 Å². The van der Waals surface area contributed by atoms with Crippen molar-refractivity contribution < 1.29 is 25.5 Å². The maximum absolute atomic E-state index is 11.6. The molecule has 0 saturated carbocycles. The molecule has 1 atom stereocenters. The molecule has 0 radical (unpaired) electrons. The lowest BCUT2D eigenvalue weighted by molar-refractivity contribution is -0.142. The molecule has 116 valence electrons. The van der Waals surface area contributed by atoms with Crippen LogP contribution in [0.25, 0.3) is 0 Å². The third-order valence-electron chi connectivity index (χ3n) is 2.44. The lowest BCUT2D eigenvalue weighted by Gasteiger charge is -2.22. The van der Waals surface area contributed by atoms with Gasteiger partial charge in [0.15, 0.2) is 6.04 Å². The largest absolute Gasteiger partial charge is 0.480 e. The van der Waals surface area contributed by atoms with Gasteiger partial charge in [0.1, 0.15) is 6.61 Å². The summed E-state index contributed by atoms with van der Waals surface area (Å²) in [5.74, 6) is -1.22. The molecular weight excluding hydrogens is 274 g/mol. The van der Waals surface area contributed by atoms with E-state index in [2.05, 4.69) is 5.32 Å². The fourth-order valence-electron chi connectivity index (χ4n) is 1.39. The monoisotopic (exact) mass is 296 g/mol. The van der Waals surface area contributed by atoms with Crippen molar-refractivity contribution in [2.75, 3.05) is 6.61 Å². The molecule has 0 aliphatic heterocycles. The summed E-state index contributed by atoms with van der Waals surface area (Å²) in [5, 5.41) is 11.3. The third-order valence-corrected chi connectivity index (χ3v) is 2.44. The van der Waals surface area contributed by atoms with Crippen LogP contribution in [-0.2, 0) is 20.9 Å². The zero-order chi connectivity index (χ0) is 16.6. The van der Waals surface area contributed by atoms with E-state index in [1.165, 1.54) is 0 Å². The average Bonchev–Trinajstić information content (AvgIpc) is 2.50. The van der Waals surface area contributed by atoms with Crippen LogP contribution in [0, 0.1) is 0 Å². The average molecular weight is 296 g/mol. The maximum atomic E-state index is 11.6. The van der Waals surface area contributed by atoms with E-state index in [1.807, 2.05) is 18.2 Å². The van der Waals surface area contributed by atoms with Crippen molar-refractivity contribution in [1.29, 1.82) is 0 Å². The first kappa shape index (κ1) is 15.3. The van der Waals surface area contributed by atoms with Crippen LogP contribution in [0.1, 0.15) is 27.7 Å². The summed E-state index contributed by atoms with van der Waals surface area (Å²) in [6.07, 6.45) is -0.830. The van der Waals surface area contributed by atoms with E-state index in [1.54, 1.807) is 26.0 Å². The van der Waals surface area contributed by atoms with Crippen molar-refractivity contribution in [2.45, 2.75) is 39.0 Å². The molecule has 0 bridgehead atoms. The Morgan fingerprint density at radius 2 is 2.05 bits per heavy atom. The van der Waals surface area contributed by atoms with Gasteiger partial charge in [0.2, 0.25) is 0 Å². The summed E-state index contributed by atoms with van der Waals surface area (Å²) in [7, 11) is 0. The lowest BCUT2D eigenvalue weighted by Crippen LogP contribution is -2.45. The Balaban J connectivity index is 2.45. The second-order valence-electron chi connectivity index (χ2n) is 5.17. The molecule has 0 aliphatic carbocycles. The Bertz CT molecular complexity index is 492. The van der Waals surface area contributed by atoms with Crippen molar-refractivity contribution in [3.63, 3.8) is 0 Å². The van der Waals surface area contributed by atoms with Crippen LogP contribution in [0.3, 0.4) is 0 Å². The number of hydrogen-bond donors (Lipinski definition) is 2. The van der Waals surface area contributed by atoms with Gasteiger partial charge in [0.05, 0.1) is 12.2 Å². The van der Waals surface area contributed by atoms with Crippen LogP contribution in [0.4, 0.5) is 4.79 Å². The van der Waals surface area contributed by atoms with Gasteiger partial charge in [0, 0.05) is 1.37 Å². The number of nitrogens with one attached hydrogen (secondary N) is 1. The number of carboxylic acids is 1. The van der Waals surface area contributed by atoms with E-state index in [-0.39, 0.29) is 20.1 Å². The first-order chi connectivity index (χ1) is 10.3. The number of ether oxygens (including phenoxy) is 2. The van der Waals surface area contributed by atoms with Crippen LogP contribution in [0.15, 0.2) is 30.3 Å². The highest BCUT2D eigenvalue weighted by atomic mass is 16.5. The molecule has 6 heteroatoms. The minimum atomic E-state index is -1.23. The van der Waals surface area contributed by atoms with Gasteiger partial charge < -0.3 is 19.9 Å². The first-order valence-corrected chi connectivity index (χ1v) is 6.47. The molecule has 0 aromatic heterocycles. The Kier molecular flexibility index (Phi) is 5.57. The highest BCUT2D eigenvalue weighted by Gasteiger charge is 2.23. The molecule has 0 saturated heterocycles. The highest BCUT2D eigenvalue weighted by Crippen LogP contribution is 2.07. The van der Waals surface area contributed by atoms with Gasteiger partial charge in [-0.2, -0.15) is 0 Å². The molecule has 0 unspecified atom stereocenters. The van der Waals surface area contributed by atoms with E-state index >= 15 is 0 Å². The molecule has 0 spiro atoms. The van der Waals surface area contributed by atoms with Crippen molar-refractivity contribution >= 4 is 12.1 Å². The summed E-state index contributed by atoms with van der Waals surface area (Å²) >= 11 is 0. The summed E-state index contributed by atoms with van der Waals surface area (Å²) in [6, 6.07) is 7.83. The smallest absolute Gasteiger partial charge is 0.408 e. The summed E-state index contributed by atoms with van der Waals surface area (Å²) in [4.78, 5) is 22.8. The number of alkyl carbamates (subject to hydrolysis) is 1. The quantitative estimate of drug-likeness (QED) is 0.840. The van der Waals surface area contributed by atoms with Gasteiger partial charge in [0.25, 0.3) is 0 Å². The van der Waals surface area contributed by atoms with Crippen LogP contribution in [0.2, 0.25) is 0 Å². The van der Waals surface area contributed by atoms with Crippen molar-refractivity contribution in [3.8, 4) is 0 Å². The first-order valence-electron chi connectivity index (χ1n) is 7.18.